The van der Waals surface area contributed by atoms with Gasteiger partial charge in [0, 0.05) is 13.5 Å². The minimum Gasteiger partial charge on any atom is -0.382 e. The molecule has 9 atom stereocenters. The summed E-state index contributed by atoms with van der Waals surface area (Å²) >= 11 is 9.06. The third kappa shape index (κ3) is 6.05. The second kappa shape index (κ2) is 11.9. The van der Waals surface area contributed by atoms with Gasteiger partial charge >= 0.3 is 13.5 Å². The summed E-state index contributed by atoms with van der Waals surface area (Å²) in [5.41, 5.74) is 10.9. The molecule has 20 nitrogen and oxygen atoms in total. The topological polar surface area (TPSA) is 261 Å². The molecule has 0 aliphatic carbocycles. The Labute approximate surface area is 276 Å². The third-order valence-corrected chi connectivity index (χ3v) is 10.5. The molecule has 0 spiro atoms. The van der Waals surface area contributed by atoms with E-state index >= 15 is 0 Å². The number of rotatable bonds is 11. The molecule has 4 aromatic heterocycles. The molecule has 0 radical (unpaired) electrons. The second-order valence-electron chi connectivity index (χ2n) is 11.5. The summed E-state index contributed by atoms with van der Waals surface area (Å²) in [5, 5.41) is 0. The van der Waals surface area contributed by atoms with Crippen molar-refractivity contribution in [3.05, 3.63) is 25.3 Å². The maximum absolute atomic E-state index is 12.0. The molecule has 47 heavy (non-hydrogen) atoms. The van der Waals surface area contributed by atoms with Gasteiger partial charge < -0.3 is 44.7 Å². The third-order valence-electron chi connectivity index (χ3n) is 8.21. The molecule has 7 heterocycles. The molecule has 3 saturated heterocycles. The van der Waals surface area contributed by atoms with E-state index in [4.69, 9.17) is 55.8 Å². The summed E-state index contributed by atoms with van der Waals surface area (Å²) in [7, 11) is 1.54. The molecule has 3 aliphatic heterocycles. The van der Waals surface area contributed by atoms with E-state index in [2.05, 4.69) is 42.2 Å². The van der Waals surface area contributed by atoms with Crippen LogP contribution in [-0.4, -0.2) is 105 Å². The van der Waals surface area contributed by atoms with Gasteiger partial charge in [0.1, 0.15) is 47.6 Å². The van der Waals surface area contributed by atoms with E-state index in [-0.39, 0.29) is 24.8 Å². The number of hydrogen-bond donors (Lipinski definition) is 5. The van der Waals surface area contributed by atoms with Crippen molar-refractivity contribution in [2.24, 2.45) is 0 Å². The number of ether oxygens (including phenoxy) is 4. The number of anilines is 2. The predicted molar refractivity (Wildman–Crippen MR) is 168 cm³/mol. The molecular weight excluding hydrogens is 702 g/mol. The number of methoxy groups -OCH3 is 1. The molecule has 3 aliphatic rings. The Bertz CT molecular complexity index is 1930. The molecule has 7 rings (SSSR count). The molecule has 0 saturated carbocycles. The molecule has 0 amide bonds. The van der Waals surface area contributed by atoms with Gasteiger partial charge in [-0.2, -0.15) is 0 Å². The quantitative estimate of drug-likeness (QED) is 0.106. The first-order chi connectivity index (χ1) is 22.2. The highest BCUT2D eigenvalue weighted by Crippen LogP contribution is 2.57. The molecule has 254 valence electrons. The van der Waals surface area contributed by atoms with E-state index in [1.54, 1.807) is 23.2 Å². The van der Waals surface area contributed by atoms with Crippen LogP contribution in [0.5, 0.6) is 0 Å². The number of hydrogen-bond acceptors (Lipinski definition) is 17. The van der Waals surface area contributed by atoms with Gasteiger partial charge in [0.2, 0.25) is 0 Å². The van der Waals surface area contributed by atoms with Gasteiger partial charge in [-0.25, -0.2) is 34.5 Å². The molecule has 2 bridgehead atoms. The Hall–Kier alpha value is -2.43. The highest BCUT2D eigenvalue weighted by Gasteiger charge is 2.65. The van der Waals surface area contributed by atoms with Crippen LogP contribution < -0.4 is 11.5 Å². The summed E-state index contributed by atoms with van der Waals surface area (Å²) in [4.78, 5) is 46.1. The van der Waals surface area contributed by atoms with E-state index in [0.29, 0.717) is 28.7 Å². The molecule has 6 N–H and O–H groups in total. The summed E-state index contributed by atoms with van der Waals surface area (Å²) in [6, 6.07) is 0. The first kappa shape index (κ1) is 33.1. The van der Waals surface area contributed by atoms with Crippen LogP contribution in [-0.2, 0) is 48.9 Å². The van der Waals surface area contributed by atoms with Crippen molar-refractivity contribution in [1.29, 1.82) is 0 Å². The fraction of sp³-hybridized carbons (Fsp3) is 0.565. The van der Waals surface area contributed by atoms with Crippen molar-refractivity contribution in [2.45, 2.75) is 55.3 Å². The Kier molecular flexibility index (Phi) is 8.35. The van der Waals surface area contributed by atoms with Crippen LogP contribution in [0, 0.1) is 0 Å². The summed E-state index contributed by atoms with van der Waals surface area (Å²) in [5.74, 6) is 0.373. The van der Waals surface area contributed by atoms with Crippen LogP contribution in [0.15, 0.2) is 25.3 Å². The zero-order valence-electron chi connectivity index (χ0n) is 24.7. The lowest BCUT2D eigenvalue weighted by Gasteiger charge is -2.32. The average Bonchev–Trinajstić information content (AvgIpc) is 3.83. The fourth-order valence-electron chi connectivity index (χ4n) is 6.04. The van der Waals surface area contributed by atoms with Gasteiger partial charge in [-0.3, -0.25) is 18.2 Å². The van der Waals surface area contributed by atoms with E-state index < -0.39 is 62.1 Å². The molecule has 0 aromatic carbocycles. The van der Waals surface area contributed by atoms with Crippen LogP contribution >= 0.6 is 25.8 Å². The van der Waals surface area contributed by atoms with Gasteiger partial charge in [-0.1, -0.05) is 12.2 Å². The predicted octanol–water partition coefficient (Wildman–Crippen LogP) is 0.855. The highest BCUT2D eigenvalue weighted by molar-refractivity contribution is 8.44. The van der Waals surface area contributed by atoms with Gasteiger partial charge in [-0.15, -0.1) is 0 Å². The van der Waals surface area contributed by atoms with E-state index in [1.807, 2.05) is 0 Å². The molecule has 4 aromatic rings. The molecule has 3 fully saturated rings. The van der Waals surface area contributed by atoms with Crippen molar-refractivity contribution < 1.29 is 46.9 Å². The number of thiol groups is 1. The number of nitrogens with zero attached hydrogens (tertiary/aromatic N) is 8. The maximum Gasteiger partial charge on any atom is 0.383 e. The minimum absolute atomic E-state index is 0.128. The average molecular weight is 733 g/mol. The number of nitrogens with two attached hydrogens (primary N) is 2. The van der Waals surface area contributed by atoms with Crippen LogP contribution in [0.4, 0.5) is 11.6 Å². The Morgan fingerprint density at radius 2 is 1.62 bits per heavy atom. The first-order valence-corrected chi connectivity index (χ1v) is 19.3. The first-order valence-electron chi connectivity index (χ1n) is 13.9. The molecule has 2 unspecified atom stereocenters. The van der Waals surface area contributed by atoms with Gasteiger partial charge in [0.25, 0.3) is 0 Å². The van der Waals surface area contributed by atoms with Crippen molar-refractivity contribution in [3.8, 4) is 0 Å². The normalized spacial score (nSPS) is 33.1. The standard InChI is InChI=1S/C23H30N10O10P2S2/c1-22(3-11(37-2)20(41-22)32-9-30-12-16(24)26-7-28-18(12)32)4-40-45(36,47)43-15-14-21(33-10-31-13-17(25)27-8-29-19(13)33)42-23(15,5-38-14)6-39-44(34,35)46/h7-11,14-15,20-21H,3-6H2,1-2H3,(H,36,47)(H2,24,26,28)(H2,25,27,29)(H2,34,35,46)/t11-,14-,15+,20-,21-,22+,23-,45?/m1/s1. The van der Waals surface area contributed by atoms with Crippen molar-refractivity contribution in [2.75, 3.05) is 38.4 Å². The summed E-state index contributed by atoms with van der Waals surface area (Å²) < 4.78 is 56.7. The smallest absolute Gasteiger partial charge is 0.382 e. The number of fused-ring (bicyclic) bond motifs is 4. The van der Waals surface area contributed by atoms with Gasteiger partial charge in [0.15, 0.2) is 35.4 Å². The lowest BCUT2D eigenvalue weighted by Crippen LogP contribution is -2.45. The highest BCUT2D eigenvalue weighted by atomic mass is 32.7. The Balaban J connectivity index is 1.10. The largest absolute Gasteiger partial charge is 0.383 e. The summed E-state index contributed by atoms with van der Waals surface area (Å²) in [6.45, 7) is -7.38. The molecule has 24 heteroatoms. The van der Waals surface area contributed by atoms with Gasteiger partial charge in [-0.05, 0) is 18.7 Å². The fourth-order valence-corrected chi connectivity index (χ4v) is 8.14. The molecular formula is C23H30N10O10P2S2. The van der Waals surface area contributed by atoms with Crippen LogP contribution in [0.3, 0.4) is 0 Å². The van der Waals surface area contributed by atoms with Crippen molar-refractivity contribution >= 4 is 71.5 Å². The zero-order valence-corrected chi connectivity index (χ0v) is 28.2. The van der Waals surface area contributed by atoms with Crippen LogP contribution in [0.2, 0.25) is 0 Å². The van der Waals surface area contributed by atoms with Gasteiger partial charge in [0.05, 0.1) is 38.1 Å². The Morgan fingerprint density at radius 3 is 2.21 bits per heavy atom. The number of imidazole rings is 2. The van der Waals surface area contributed by atoms with E-state index in [0.717, 1.165) is 0 Å². The van der Waals surface area contributed by atoms with Crippen LogP contribution in [0.25, 0.3) is 22.3 Å². The number of aromatic nitrogens is 8. The lowest BCUT2D eigenvalue weighted by molar-refractivity contribution is -0.182. The summed E-state index contributed by atoms with van der Waals surface area (Å²) in [6.07, 6.45) is 1.80. The van der Waals surface area contributed by atoms with Crippen molar-refractivity contribution in [3.63, 3.8) is 0 Å². The monoisotopic (exact) mass is 732 g/mol. The second-order valence-corrected chi connectivity index (χ2v) is 17.0. The zero-order chi connectivity index (χ0) is 33.4. The van der Waals surface area contributed by atoms with E-state index in [9.17, 15) is 14.4 Å². The van der Waals surface area contributed by atoms with Crippen molar-refractivity contribution in [1.82, 2.24) is 39.0 Å². The Morgan fingerprint density at radius 1 is 1.00 bits per heavy atom. The van der Waals surface area contributed by atoms with E-state index in [1.165, 1.54) is 25.3 Å². The number of nitrogen functional groups attached to an aromatic ring is 2. The lowest BCUT2D eigenvalue weighted by atomic mass is 10.0. The van der Waals surface area contributed by atoms with Crippen LogP contribution in [0.1, 0.15) is 25.8 Å². The SMILES string of the molecule is CO[C@@H]1C[C@@](C)(COP(O)(=S)O[C@H]2[C@H]3OC[C@]2(COP(=O)(O)S)O[C@H]3n2cnc3c(N)ncnc32)O[C@H]1n1cnc2c(N)ncnc21. The minimum atomic E-state index is -4.26. The maximum atomic E-state index is 12.0.